The van der Waals surface area contributed by atoms with Gasteiger partial charge in [-0.15, -0.1) is 0 Å². The van der Waals surface area contributed by atoms with Crippen LogP contribution in [0, 0.1) is 0 Å². The minimum atomic E-state index is -1.59. The molecule has 1 aromatic carbocycles. The number of rotatable bonds is 21. The summed E-state index contributed by atoms with van der Waals surface area (Å²) in [6, 6.07) is -0.989. The first-order chi connectivity index (χ1) is 22.0. The number of phenols is 1. The lowest BCUT2D eigenvalue weighted by Crippen LogP contribution is -2.58. The van der Waals surface area contributed by atoms with Crippen LogP contribution in [0.4, 0.5) is 0 Å². The monoisotopic (exact) mass is 666 g/mol. The summed E-state index contributed by atoms with van der Waals surface area (Å²) in [5.41, 5.74) is 17.0. The summed E-state index contributed by atoms with van der Waals surface area (Å²) in [7, 11) is 0. The maximum atomic E-state index is 13.2. The van der Waals surface area contributed by atoms with E-state index in [2.05, 4.69) is 26.3 Å². The minimum Gasteiger partial charge on any atom is -0.508 e. The SMILES string of the molecule is C[C@H](NC(=O)[C@@H](N)Cc1ccc(O)cc1)C(=O)N[C@@H](CCC(=O)O)C(=O)N[C@@H](CCC(=O)O)C(=O)N[C@@H](CCCN=C(N)N)C(=O)O. The molecule has 0 saturated carbocycles. The molecule has 19 nitrogen and oxygen atoms in total. The van der Waals surface area contributed by atoms with Crippen LogP contribution in [0.15, 0.2) is 29.3 Å². The van der Waals surface area contributed by atoms with Crippen molar-refractivity contribution in [2.75, 3.05) is 6.54 Å². The average molecular weight is 667 g/mol. The zero-order valence-electron chi connectivity index (χ0n) is 25.7. The number of nitrogens with one attached hydrogen (secondary N) is 4. The Morgan fingerprint density at radius 3 is 1.68 bits per heavy atom. The van der Waals surface area contributed by atoms with Gasteiger partial charge in [0.15, 0.2) is 5.96 Å². The summed E-state index contributed by atoms with van der Waals surface area (Å²) in [4.78, 5) is 89.6. The van der Waals surface area contributed by atoms with Gasteiger partial charge in [-0.2, -0.15) is 0 Å². The van der Waals surface area contributed by atoms with Crippen molar-refractivity contribution in [1.29, 1.82) is 0 Å². The molecule has 0 radical (unpaired) electrons. The van der Waals surface area contributed by atoms with Gasteiger partial charge in [-0.05, 0) is 56.7 Å². The number of phenolic OH excluding ortho intramolecular Hbond substituents is 1. The second-order valence-corrected chi connectivity index (χ2v) is 10.5. The Labute approximate surface area is 269 Å². The molecular weight excluding hydrogens is 624 g/mol. The number of amides is 4. The number of carboxylic acids is 3. The number of guanidine groups is 1. The maximum absolute atomic E-state index is 13.2. The van der Waals surface area contributed by atoms with Gasteiger partial charge < -0.3 is 58.9 Å². The number of hydrogen-bond acceptors (Lipinski definition) is 10. The van der Waals surface area contributed by atoms with Crippen LogP contribution in [0.5, 0.6) is 5.75 Å². The molecule has 4 amide bonds. The first-order valence-electron chi connectivity index (χ1n) is 14.5. The highest BCUT2D eigenvalue weighted by atomic mass is 16.4. The zero-order chi connectivity index (χ0) is 35.7. The summed E-state index contributed by atoms with van der Waals surface area (Å²) >= 11 is 0. The summed E-state index contributed by atoms with van der Waals surface area (Å²) < 4.78 is 0. The van der Waals surface area contributed by atoms with E-state index in [1.54, 1.807) is 12.1 Å². The molecule has 0 aliphatic rings. The number of aliphatic imine (C=N–C) groups is 1. The Kier molecular flexibility index (Phi) is 16.7. The fourth-order valence-corrected chi connectivity index (χ4v) is 4.04. The standard InChI is InChI=1S/C28H42N8O11/c1-14(33-24(43)17(29)13-15-4-6-16(37)7-5-15)23(42)34-18(8-10-21(38)39)25(44)35-19(9-11-22(40)41)26(45)36-20(27(46)47)3-2-12-32-28(30)31/h4-7,14,17-20,37H,2-3,8-13,29H2,1H3,(H,33,43)(H,34,42)(H,35,44)(H,36,45)(H,38,39)(H,40,41)(H,46,47)(H4,30,31,32)/t14-,17-,18-,19-,20-/m0/s1. The van der Waals surface area contributed by atoms with Crippen molar-refractivity contribution >= 4 is 47.5 Å². The van der Waals surface area contributed by atoms with E-state index in [9.17, 15) is 43.8 Å². The third-order valence-corrected chi connectivity index (χ3v) is 6.60. The van der Waals surface area contributed by atoms with Crippen molar-refractivity contribution in [2.45, 2.75) is 82.1 Å². The van der Waals surface area contributed by atoms with Gasteiger partial charge in [-0.1, -0.05) is 12.1 Å². The molecule has 5 atom stereocenters. The first-order valence-corrected chi connectivity index (χ1v) is 14.5. The van der Waals surface area contributed by atoms with Crippen LogP contribution in [-0.2, 0) is 40.0 Å². The van der Waals surface area contributed by atoms with E-state index in [1.165, 1.54) is 19.1 Å². The number of nitrogens with zero attached hydrogens (tertiary/aromatic N) is 1. The molecule has 0 aliphatic carbocycles. The van der Waals surface area contributed by atoms with Crippen LogP contribution < -0.4 is 38.5 Å². The normalized spacial score (nSPS) is 13.8. The lowest BCUT2D eigenvalue weighted by atomic mass is 10.0. The number of hydrogen-bond donors (Lipinski definition) is 11. The van der Waals surface area contributed by atoms with Crippen molar-refractivity contribution in [2.24, 2.45) is 22.2 Å². The predicted molar refractivity (Wildman–Crippen MR) is 164 cm³/mol. The lowest BCUT2D eigenvalue weighted by Gasteiger charge is -2.25. The van der Waals surface area contributed by atoms with E-state index >= 15 is 0 Å². The van der Waals surface area contributed by atoms with E-state index in [1.807, 2.05) is 0 Å². The van der Waals surface area contributed by atoms with Crippen LogP contribution in [0.3, 0.4) is 0 Å². The zero-order valence-corrected chi connectivity index (χ0v) is 25.7. The average Bonchev–Trinajstić information content (AvgIpc) is 2.98. The van der Waals surface area contributed by atoms with Gasteiger partial charge in [0.1, 0.15) is 29.9 Å². The molecule has 1 rings (SSSR count). The molecular formula is C28H42N8O11. The largest absolute Gasteiger partial charge is 0.508 e. The van der Waals surface area contributed by atoms with Gasteiger partial charge in [-0.3, -0.25) is 33.8 Å². The van der Waals surface area contributed by atoms with E-state index in [4.69, 9.17) is 27.4 Å². The molecule has 0 aliphatic heterocycles. The predicted octanol–water partition coefficient (Wildman–Crippen LogP) is -2.91. The summed E-state index contributed by atoms with van der Waals surface area (Å²) in [6.45, 7) is 1.35. The highest BCUT2D eigenvalue weighted by Gasteiger charge is 2.31. The summed E-state index contributed by atoms with van der Waals surface area (Å²) in [5.74, 6) is -7.98. The molecule has 19 heteroatoms. The first kappa shape index (κ1) is 39.6. The summed E-state index contributed by atoms with van der Waals surface area (Å²) in [5, 5.41) is 46.4. The third-order valence-electron chi connectivity index (χ3n) is 6.60. The number of carbonyl (C=O) groups excluding carboxylic acids is 4. The van der Waals surface area contributed by atoms with E-state index in [0.717, 1.165) is 0 Å². The fourth-order valence-electron chi connectivity index (χ4n) is 4.04. The van der Waals surface area contributed by atoms with Crippen LogP contribution in [-0.4, -0.2) is 105 Å². The molecule has 0 aromatic heterocycles. The molecule has 1 aromatic rings. The maximum Gasteiger partial charge on any atom is 0.326 e. The van der Waals surface area contributed by atoms with Gasteiger partial charge in [0, 0.05) is 19.4 Å². The molecule has 0 heterocycles. The molecule has 47 heavy (non-hydrogen) atoms. The molecule has 0 saturated heterocycles. The fraction of sp³-hybridized carbons (Fsp3) is 0.500. The highest BCUT2D eigenvalue weighted by Crippen LogP contribution is 2.11. The van der Waals surface area contributed by atoms with Gasteiger partial charge in [0.05, 0.1) is 6.04 Å². The summed E-state index contributed by atoms with van der Waals surface area (Å²) in [6.07, 6.45) is -2.03. The molecule has 0 bridgehead atoms. The third kappa shape index (κ3) is 15.9. The second kappa shape index (κ2) is 19.8. The quantitative estimate of drug-likeness (QED) is 0.0356. The lowest BCUT2D eigenvalue weighted by molar-refractivity contribution is -0.143. The molecule has 0 spiro atoms. The van der Waals surface area contributed by atoms with Crippen LogP contribution >= 0.6 is 0 Å². The molecule has 14 N–H and O–H groups in total. The number of carboxylic acid groups (broad SMARTS) is 3. The minimum absolute atomic E-state index is 0.0211. The topological polar surface area (TPSA) is 339 Å². The van der Waals surface area contributed by atoms with Crippen molar-refractivity contribution < 1.29 is 54.0 Å². The van der Waals surface area contributed by atoms with E-state index < -0.39 is 97.4 Å². The number of carbonyl (C=O) groups is 7. The molecule has 260 valence electrons. The van der Waals surface area contributed by atoms with Crippen molar-refractivity contribution in [1.82, 2.24) is 21.3 Å². The van der Waals surface area contributed by atoms with Crippen molar-refractivity contribution in [3.05, 3.63) is 29.8 Å². The Bertz CT molecular complexity index is 1300. The second-order valence-electron chi connectivity index (χ2n) is 10.5. The van der Waals surface area contributed by atoms with Gasteiger partial charge >= 0.3 is 17.9 Å². The number of aliphatic carboxylic acids is 3. The van der Waals surface area contributed by atoms with Crippen molar-refractivity contribution in [3.63, 3.8) is 0 Å². The Morgan fingerprint density at radius 1 is 0.723 bits per heavy atom. The van der Waals surface area contributed by atoms with E-state index in [0.29, 0.717) is 5.56 Å². The number of nitrogens with two attached hydrogens (primary N) is 3. The smallest absolute Gasteiger partial charge is 0.326 e. The molecule has 0 unspecified atom stereocenters. The van der Waals surface area contributed by atoms with Crippen LogP contribution in [0.1, 0.15) is 51.0 Å². The Morgan fingerprint density at radius 2 is 1.21 bits per heavy atom. The van der Waals surface area contributed by atoms with Crippen LogP contribution in [0.2, 0.25) is 0 Å². The highest BCUT2D eigenvalue weighted by molar-refractivity contribution is 5.95. The Hall–Kier alpha value is -5.46. The van der Waals surface area contributed by atoms with Gasteiger partial charge in [0.2, 0.25) is 23.6 Å². The Balaban J connectivity index is 3.00. The number of aromatic hydroxyl groups is 1. The van der Waals surface area contributed by atoms with Gasteiger partial charge in [-0.25, -0.2) is 4.79 Å². The van der Waals surface area contributed by atoms with Crippen molar-refractivity contribution in [3.8, 4) is 5.75 Å². The van der Waals surface area contributed by atoms with Gasteiger partial charge in [0.25, 0.3) is 0 Å². The number of benzene rings is 1. The van der Waals surface area contributed by atoms with E-state index in [-0.39, 0.29) is 37.5 Å². The molecule has 0 fully saturated rings. The van der Waals surface area contributed by atoms with Crippen LogP contribution in [0.25, 0.3) is 0 Å².